The number of hydrogen-bond acceptors (Lipinski definition) is 7. The molecule has 0 aliphatic heterocycles. The Morgan fingerprint density at radius 3 is 2.27 bits per heavy atom. The Morgan fingerprint density at radius 1 is 0.919 bits per heavy atom. The van der Waals surface area contributed by atoms with E-state index in [0.717, 1.165) is 22.8 Å². The largest absolute Gasteiger partial charge is 0.453 e. The average Bonchev–Trinajstić information content (AvgIpc) is 2.88. The summed E-state index contributed by atoms with van der Waals surface area (Å²) in [5.74, 6) is -1.83. The van der Waals surface area contributed by atoms with Crippen molar-refractivity contribution in [2.75, 3.05) is 13.2 Å². The van der Waals surface area contributed by atoms with Crippen molar-refractivity contribution < 1.29 is 33.8 Å². The standard InChI is InChI=1S/C28H38N2O7/c1-5-14-29-25(32)12-13-26(33)30-24(16-21-10-11-22-8-6-7-9-23(22)15-21)17-36-19(3)27(34)20(4)37-28(35)18(2)31/h6-11,15,18-20,24,31H,5,12-14,16-17H2,1-4H3,(H,29,32)(H,30,33). The maximum Gasteiger partial charge on any atom is 0.335 e. The molecule has 0 heterocycles. The van der Waals surface area contributed by atoms with E-state index in [9.17, 15) is 24.3 Å². The molecule has 4 unspecified atom stereocenters. The maximum absolute atomic E-state index is 12.6. The number of carbonyl (C=O) groups is 4. The van der Waals surface area contributed by atoms with E-state index < -0.39 is 36.1 Å². The van der Waals surface area contributed by atoms with Gasteiger partial charge in [0.25, 0.3) is 0 Å². The van der Waals surface area contributed by atoms with E-state index in [1.807, 2.05) is 49.4 Å². The Hall–Kier alpha value is -3.30. The summed E-state index contributed by atoms with van der Waals surface area (Å²) in [4.78, 5) is 48.7. The summed E-state index contributed by atoms with van der Waals surface area (Å²) in [5, 5.41) is 17.1. The van der Waals surface area contributed by atoms with E-state index in [2.05, 4.69) is 10.6 Å². The Labute approximate surface area is 217 Å². The van der Waals surface area contributed by atoms with Crippen LogP contribution in [0.25, 0.3) is 10.8 Å². The predicted molar refractivity (Wildman–Crippen MR) is 140 cm³/mol. The number of Topliss-reactive ketones (excluding diaryl/α,β-unsaturated/α-hetero) is 1. The molecular formula is C28H38N2O7. The number of aliphatic hydroxyl groups is 1. The lowest BCUT2D eigenvalue weighted by Crippen LogP contribution is -2.43. The van der Waals surface area contributed by atoms with Gasteiger partial charge in [-0.25, -0.2) is 4.79 Å². The van der Waals surface area contributed by atoms with Gasteiger partial charge in [-0.15, -0.1) is 0 Å². The zero-order valence-corrected chi connectivity index (χ0v) is 22.0. The number of benzene rings is 2. The Morgan fingerprint density at radius 2 is 1.59 bits per heavy atom. The van der Waals surface area contributed by atoms with Gasteiger partial charge in [-0.1, -0.05) is 49.4 Å². The second-order valence-electron chi connectivity index (χ2n) is 9.13. The first-order chi connectivity index (χ1) is 17.6. The molecule has 202 valence electrons. The molecular weight excluding hydrogens is 476 g/mol. The number of aliphatic hydroxyl groups excluding tert-OH is 1. The Balaban J connectivity index is 2.04. The van der Waals surface area contributed by atoms with Gasteiger partial charge in [0.15, 0.2) is 6.10 Å². The van der Waals surface area contributed by atoms with Gasteiger partial charge in [-0.2, -0.15) is 0 Å². The van der Waals surface area contributed by atoms with Gasteiger partial charge < -0.3 is 25.2 Å². The fourth-order valence-corrected chi connectivity index (χ4v) is 3.69. The normalized spacial score (nSPS) is 14.3. The Bertz CT molecular complexity index is 1070. The van der Waals surface area contributed by atoms with Crippen molar-refractivity contribution in [3.8, 4) is 0 Å². The van der Waals surface area contributed by atoms with Gasteiger partial charge >= 0.3 is 5.97 Å². The van der Waals surface area contributed by atoms with Gasteiger partial charge in [0.05, 0.1) is 12.6 Å². The monoisotopic (exact) mass is 514 g/mol. The van der Waals surface area contributed by atoms with Crippen LogP contribution in [0, 0.1) is 0 Å². The molecule has 4 atom stereocenters. The summed E-state index contributed by atoms with van der Waals surface area (Å²) in [6, 6.07) is 13.5. The molecule has 0 bridgehead atoms. The maximum atomic E-state index is 12.6. The van der Waals surface area contributed by atoms with Crippen molar-refractivity contribution in [2.24, 2.45) is 0 Å². The highest BCUT2D eigenvalue weighted by Crippen LogP contribution is 2.17. The topological polar surface area (TPSA) is 131 Å². The van der Waals surface area contributed by atoms with Crippen molar-refractivity contribution in [2.45, 2.75) is 77.7 Å². The number of fused-ring (bicyclic) bond motifs is 1. The molecule has 2 rings (SSSR count). The molecule has 0 radical (unpaired) electrons. The van der Waals surface area contributed by atoms with Crippen molar-refractivity contribution >= 4 is 34.3 Å². The average molecular weight is 515 g/mol. The number of ketones is 1. The fourth-order valence-electron chi connectivity index (χ4n) is 3.69. The summed E-state index contributed by atoms with van der Waals surface area (Å²) in [6.07, 6.45) is -1.96. The number of hydrogen-bond donors (Lipinski definition) is 3. The van der Waals surface area contributed by atoms with Crippen LogP contribution in [0.5, 0.6) is 0 Å². The lowest BCUT2D eigenvalue weighted by molar-refractivity contribution is -0.164. The third-order valence-electron chi connectivity index (χ3n) is 5.80. The lowest BCUT2D eigenvalue weighted by Gasteiger charge is -2.23. The summed E-state index contributed by atoms with van der Waals surface area (Å²) in [6.45, 7) is 6.77. The quantitative estimate of drug-likeness (QED) is 0.311. The van der Waals surface area contributed by atoms with E-state index in [1.165, 1.54) is 13.8 Å². The van der Waals surface area contributed by atoms with Crippen LogP contribution in [0.15, 0.2) is 42.5 Å². The zero-order chi connectivity index (χ0) is 27.4. The molecule has 9 heteroatoms. The van der Waals surface area contributed by atoms with Gasteiger partial charge in [0, 0.05) is 19.4 Å². The van der Waals surface area contributed by atoms with Crippen molar-refractivity contribution in [3.63, 3.8) is 0 Å². The molecule has 0 aliphatic rings. The fraction of sp³-hybridized carbons (Fsp3) is 0.500. The molecule has 0 saturated heterocycles. The van der Waals surface area contributed by atoms with Crippen molar-refractivity contribution in [3.05, 3.63) is 48.0 Å². The molecule has 9 nitrogen and oxygen atoms in total. The van der Waals surface area contributed by atoms with E-state index in [1.54, 1.807) is 6.92 Å². The summed E-state index contributed by atoms with van der Waals surface area (Å²) in [5.41, 5.74) is 0.978. The number of rotatable bonds is 15. The predicted octanol–water partition coefficient (Wildman–Crippen LogP) is 2.46. The molecule has 0 aliphatic carbocycles. The minimum Gasteiger partial charge on any atom is -0.453 e. The third-order valence-corrected chi connectivity index (χ3v) is 5.80. The van der Waals surface area contributed by atoms with Crippen LogP contribution < -0.4 is 10.6 Å². The highest BCUT2D eigenvalue weighted by atomic mass is 16.6. The van der Waals surface area contributed by atoms with Crippen LogP contribution in [0.2, 0.25) is 0 Å². The highest BCUT2D eigenvalue weighted by molar-refractivity contribution is 5.89. The van der Waals surface area contributed by atoms with Gasteiger partial charge in [-0.3, -0.25) is 14.4 Å². The van der Waals surface area contributed by atoms with E-state index in [-0.39, 0.29) is 31.3 Å². The minimum atomic E-state index is -1.34. The summed E-state index contributed by atoms with van der Waals surface area (Å²) >= 11 is 0. The number of amides is 2. The molecule has 2 aromatic rings. The summed E-state index contributed by atoms with van der Waals surface area (Å²) in [7, 11) is 0. The van der Waals surface area contributed by atoms with Crippen molar-refractivity contribution in [1.82, 2.24) is 10.6 Å². The smallest absolute Gasteiger partial charge is 0.335 e. The van der Waals surface area contributed by atoms with E-state index in [0.29, 0.717) is 13.0 Å². The van der Waals surface area contributed by atoms with E-state index in [4.69, 9.17) is 9.47 Å². The molecule has 0 fully saturated rings. The van der Waals surface area contributed by atoms with Crippen LogP contribution in [0.4, 0.5) is 0 Å². The number of ether oxygens (including phenoxy) is 2. The highest BCUT2D eigenvalue weighted by Gasteiger charge is 2.26. The lowest BCUT2D eigenvalue weighted by atomic mass is 10.0. The molecule has 2 aromatic carbocycles. The van der Waals surface area contributed by atoms with Gasteiger partial charge in [0.2, 0.25) is 17.6 Å². The first-order valence-electron chi connectivity index (χ1n) is 12.7. The van der Waals surface area contributed by atoms with Crippen LogP contribution in [0.1, 0.15) is 52.5 Å². The van der Waals surface area contributed by atoms with Crippen LogP contribution in [-0.4, -0.2) is 66.2 Å². The third kappa shape index (κ3) is 10.3. The first kappa shape index (κ1) is 29.9. The Kier molecular flexibility index (Phi) is 12.2. The molecule has 37 heavy (non-hydrogen) atoms. The molecule has 3 N–H and O–H groups in total. The molecule has 0 saturated carbocycles. The number of esters is 1. The number of nitrogens with one attached hydrogen (secondary N) is 2. The van der Waals surface area contributed by atoms with Crippen LogP contribution in [-0.2, 0) is 35.1 Å². The molecule has 2 amide bonds. The second kappa shape index (κ2) is 15.1. The van der Waals surface area contributed by atoms with E-state index >= 15 is 0 Å². The SMILES string of the molecule is CCCNC(=O)CCC(=O)NC(COC(C)C(=O)C(C)OC(=O)C(C)O)Cc1ccc2ccccc2c1. The second-order valence-corrected chi connectivity index (χ2v) is 9.13. The minimum absolute atomic E-state index is 0.0323. The molecule has 0 spiro atoms. The van der Waals surface area contributed by atoms with Gasteiger partial charge in [0.1, 0.15) is 12.2 Å². The van der Waals surface area contributed by atoms with Gasteiger partial charge in [-0.05, 0) is 49.9 Å². The molecule has 0 aromatic heterocycles. The van der Waals surface area contributed by atoms with Crippen LogP contribution in [0.3, 0.4) is 0 Å². The first-order valence-corrected chi connectivity index (χ1v) is 12.7. The number of carbonyl (C=O) groups excluding carboxylic acids is 4. The summed E-state index contributed by atoms with van der Waals surface area (Å²) < 4.78 is 10.7. The van der Waals surface area contributed by atoms with Crippen molar-refractivity contribution in [1.29, 1.82) is 0 Å². The van der Waals surface area contributed by atoms with Crippen LogP contribution >= 0.6 is 0 Å². The zero-order valence-electron chi connectivity index (χ0n) is 22.0.